The van der Waals surface area contributed by atoms with Gasteiger partial charge in [-0.25, -0.2) is 4.39 Å². The van der Waals surface area contributed by atoms with Crippen LogP contribution in [0.2, 0.25) is 0 Å². The number of aromatic nitrogens is 1. The number of anilines is 1. The summed E-state index contributed by atoms with van der Waals surface area (Å²) in [6, 6.07) is 11.6. The Hall–Kier alpha value is -3.15. The lowest BCUT2D eigenvalue weighted by Crippen LogP contribution is -2.32. The van der Waals surface area contributed by atoms with Crippen molar-refractivity contribution in [3.63, 3.8) is 0 Å². The molecule has 1 aliphatic rings. The molecule has 3 heterocycles. The highest BCUT2D eigenvalue weighted by Gasteiger charge is 2.38. The minimum Gasteiger partial charge on any atom is -0.467 e. The number of furan rings is 1. The van der Waals surface area contributed by atoms with Crippen molar-refractivity contribution in [1.82, 2.24) is 9.88 Å². The number of hydrogen-bond acceptors (Lipinski definition) is 4. The van der Waals surface area contributed by atoms with Crippen molar-refractivity contribution in [1.29, 1.82) is 0 Å². The molecule has 0 spiro atoms. The molecule has 0 fully saturated rings. The van der Waals surface area contributed by atoms with Crippen LogP contribution in [-0.2, 0) is 6.54 Å². The predicted octanol–water partition coefficient (Wildman–Crippen LogP) is 3.89. The van der Waals surface area contributed by atoms with Crippen LogP contribution in [0.1, 0.15) is 33.5 Å². The summed E-state index contributed by atoms with van der Waals surface area (Å²) in [6.45, 7) is 2.18. The lowest BCUT2D eigenvalue weighted by molar-refractivity contribution is 0.0714. The van der Waals surface area contributed by atoms with Crippen LogP contribution in [-0.4, -0.2) is 15.8 Å². The molecule has 1 aromatic carbocycles. The number of nitrogens with one attached hydrogen (secondary N) is 1. The smallest absolute Gasteiger partial charge is 0.258 e. The molecular weight excluding hydrogens is 321 g/mol. The fourth-order valence-electron chi connectivity index (χ4n) is 3.01. The second-order valence-electron chi connectivity index (χ2n) is 5.95. The van der Waals surface area contributed by atoms with E-state index in [2.05, 4.69) is 10.3 Å². The maximum atomic E-state index is 13.6. The number of pyridine rings is 1. The van der Waals surface area contributed by atoms with Crippen LogP contribution in [0.3, 0.4) is 0 Å². The summed E-state index contributed by atoms with van der Waals surface area (Å²) in [5.41, 5.74) is 2.68. The molecule has 1 atom stereocenters. The SMILES string of the molecule is Cc1ccc(F)cc1NC1c2ncccc2C(=O)N1Cc1ccco1. The van der Waals surface area contributed by atoms with Crippen molar-refractivity contribution in [2.24, 2.45) is 0 Å². The highest BCUT2D eigenvalue weighted by Crippen LogP contribution is 2.35. The number of rotatable bonds is 4. The average molecular weight is 337 g/mol. The zero-order valence-corrected chi connectivity index (χ0v) is 13.6. The zero-order valence-electron chi connectivity index (χ0n) is 13.6. The van der Waals surface area contributed by atoms with E-state index in [-0.39, 0.29) is 11.7 Å². The van der Waals surface area contributed by atoms with Gasteiger partial charge in [0.05, 0.1) is 24.1 Å². The molecule has 0 bridgehead atoms. The molecule has 2 aromatic heterocycles. The summed E-state index contributed by atoms with van der Waals surface area (Å²) in [7, 11) is 0. The number of fused-ring (bicyclic) bond motifs is 1. The van der Waals surface area contributed by atoms with Gasteiger partial charge in [0.15, 0.2) is 0 Å². The van der Waals surface area contributed by atoms with Gasteiger partial charge in [-0.2, -0.15) is 0 Å². The minimum absolute atomic E-state index is 0.133. The Labute approximate surface area is 144 Å². The molecule has 0 radical (unpaired) electrons. The molecule has 1 aliphatic heterocycles. The van der Waals surface area contributed by atoms with Gasteiger partial charge in [-0.3, -0.25) is 9.78 Å². The first-order chi connectivity index (χ1) is 12.1. The molecule has 0 aliphatic carbocycles. The van der Waals surface area contributed by atoms with Gasteiger partial charge >= 0.3 is 0 Å². The third-order valence-electron chi connectivity index (χ3n) is 4.30. The topological polar surface area (TPSA) is 58.4 Å². The number of carbonyl (C=O) groups excluding carboxylic acids is 1. The zero-order chi connectivity index (χ0) is 17.4. The maximum absolute atomic E-state index is 13.6. The van der Waals surface area contributed by atoms with E-state index < -0.39 is 6.17 Å². The summed E-state index contributed by atoms with van der Waals surface area (Å²) < 4.78 is 19.0. The molecule has 6 heteroatoms. The van der Waals surface area contributed by atoms with E-state index in [4.69, 9.17) is 4.42 Å². The lowest BCUT2D eigenvalue weighted by Gasteiger charge is -2.26. The summed E-state index contributed by atoms with van der Waals surface area (Å²) >= 11 is 0. The Morgan fingerprint density at radius 1 is 1.28 bits per heavy atom. The van der Waals surface area contributed by atoms with Crippen molar-refractivity contribution in [3.05, 3.63) is 83.3 Å². The molecule has 4 rings (SSSR count). The van der Waals surface area contributed by atoms with E-state index in [0.29, 0.717) is 29.2 Å². The van der Waals surface area contributed by atoms with E-state index in [9.17, 15) is 9.18 Å². The summed E-state index contributed by atoms with van der Waals surface area (Å²) in [6.07, 6.45) is 2.73. The number of benzene rings is 1. The minimum atomic E-state index is -0.491. The fraction of sp³-hybridized carbons (Fsp3) is 0.158. The van der Waals surface area contributed by atoms with Gasteiger partial charge in [0.1, 0.15) is 17.7 Å². The first-order valence-corrected chi connectivity index (χ1v) is 7.94. The van der Waals surface area contributed by atoms with Gasteiger partial charge in [0, 0.05) is 11.9 Å². The van der Waals surface area contributed by atoms with Crippen LogP contribution in [0.15, 0.2) is 59.3 Å². The van der Waals surface area contributed by atoms with Crippen LogP contribution < -0.4 is 5.32 Å². The quantitative estimate of drug-likeness (QED) is 0.785. The number of nitrogens with zero attached hydrogens (tertiary/aromatic N) is 2. The van der Waals surface area contributed by atoms with Crippen molar-refractivity contribution in [3.8, 4) is 0 Å². The normalized spacial score (nSPS) is 16.2. The molecule has 0 saturated heterocycles. The molecule has 126 valence electrons. The highest BCUT2D eigenvalue weighted by molar-refractivity contribution is 5.98. The molecule has 25 heavy (non-hydrogen) atoms. The lowest BCUT2D eigenvalue weighted by atomic mass is 10.1. The molecule has 3 aromatic rings. The summed E-state index contributed by atoms with van der Waals surface area (Å²) in [5, 5.41) is 3.26. The van der Waals surface area contributed by atoms with Crippen LogP contribution in [0.5, 0.6) is 0 Å². The Morgan fingerprint density at radius 2 is 2.16 bits per heavy atom. The number of carbonyl (C=O) groups is 1. The van der Waals surface area contributed by atoms with Gasteiger partial charge in [-0.05, 0) is 48.9 Å². The van der Waals surface area contributed by atoms with Crippen molar-refractivity contribution in [2.75, 3.05) is 5.32 Å². The Morgan fingerprint density at radius 3 is 2.96 bits per heavy atom. The van der Waals surface area contributed by atoms with Gasteiger partial charge in [-0.15, -0.1) is 0 Å². The predicted molar refractivity (Wildman–Crippen MR) is 90.3 cm³/mol. The molecule has 1 N–H and O–H groups in total. The number of hydrogen-bond donors (Lipinski definition) is 1. The standard InChI is InChI=1S/C19H16FN3O2/c1-12-6-7-13(20)10-16(12)22-18-17-15(5-2-8-21-17)19(24)23(18)11-14-4-3-9-25-14/h2-10,18,22H,11H2,1H3. The summed E-state index contributed by atoms with van der Waals surface area (Å²) in [4.78, 5) is 18.8. The van der Waals surface area contributed by atoms with Crippen LogP contribution >= 0.6 is 0 Å². The largest absolute Gasteiger partial charge is 0.467 e. The molecular formula is C19H16FN3O2. The number of aryl methyl sites for hydroxylation is 1. The molecule has 0 saturated carbocycles. The van der Waals surface area contributed by atoms with Crippen molar-refractivity contribution >= 4 is 11.6 Å². The Balaban J connectivity index is 1.72. The molecule has 5 nitrogen and oxygen atoms in total. The maximum Gasteiger partial charge on any atom is 0.258 e. The average Bonchev–Trinajstić information content (AvgIpc) is 3.21. The first kappa shape index (κ1) is 15.4. The van der Waals surface area contributed by atoms with Gasteiger partial charge in [-0.1, -0.05) is 6.07 Å². The fourth-order valence-corrected chi connectivity index (χ4v) is 3.01. The summed E-state index contributed by atoms with van der Waals surface area (Å²) in [5.74, 6) is 0.200. The van der Waals surface area contributed by atoms with E-state index in [1.165, 1.54) is 12.1 Å². The number of amides is 1. The third-order valence-corrected chi connectivity index (χ3v) is 4.30. The van der Waals surface area contributed by atoms with Crippen LogP contribution in [0.4, 0.5) is 10.1 Å². The van der Waals surface area contributed by atoms with Crippen molar-refractivity contribution < 1.29 is 13.6 Å². The van der Waals surface area contributed by atoms with E-state index in [0.717, 1.165) is 5.56 Å². The number of halogens is 1. The van der Waals surface area contributed by atoms with E-state index >= 15 is 0 Å². The third kappa shape index (κ3) is 2.76. The second-order valence-corrected chi connectivity index (χ2v) is 5.95. The van der Waals surface area contributed by atoms with Gasteiger partial charge in [0.2, 0.25) is 0 Å². The Kier molecular flexibility index (Phi) is 3.72. The highest BCUT2D eigenvalue weighted by atomic mass is 19.1. The molecule has 1 unspecified atom stereocenters. The van der Waals surface area contributed by atoms with Gasteiger partial charge < -0.3 is 14.6 Å². The van der Waals surface area contributed by atoms with E-state index in [1.807, 2.05) is 13.0 Å². The van der Waals surface area contributed by atoms with Crippen LogP contribution in [0, 0.1) is 12.7 Å². The van der Waals surface area contributed by atoms with Crippen molar-refractivity contribution in [2.45, 2.75) is 19.6 Å². The van der Waals surface area contributed by atoms with Crippen LogP contribution in [0.25, 0.3) is 0 Å². The second kappa shape index (κ2) is 6.05. The van der Waals surface area contributed by atoms with E-state index in [1.54, 1.807) is 41.6 Å². The monoisotopic (exact) mass is 337 g/mol. The Bertz CT molecular complexity index is 924. The molecule has 1 amide bonds. The van der Waals surface area contributed by atoms with Gasteiger partial charge in [0.25, 0.3) is 5.91 Å². The first-order valence-electron chi connectivity index (χ1n) is 7.94.